The number of carbonyl (C=O) groups excluding carboxylic acids is 1. The maximum absolute atomic E-state index is 13.1. The van der Waals surface area contributed by atoms with Gasteiger partial charge in [0.1, 0.15) is 0 Å². The van der Waals surface area contributed by atoms with Gasteiger partial charge in [-0.05, 0) is 39.8 Å². The van der Waals surface area contributed by atoms with E-state index in [0.29, 0.717) is 13.1 Å². The molecule has 0 saturated carbocycles. The Morgan fingerprint density at radius 1 is 1.20 bits per heavy atom. The molecule has 1 saturated heterocycles. The fraction of sp³-hybridized carbons (Fsp3) is 0.611. The van der Waals surface area contributed by atoms with Crippen LogP contribution in [0.25, 0.3) is 0 Å². The highest BCUT2D eigenvalue weighted by atomic mass is 19.4. The summed E-state index contributed by atoms with van der Waals surface area (Å²) in [6.45, 7) is 9.57. The van der Waals surface area contributed by atoms with Crippen LogP contribution < -0.4 is 5.32 Å². The van der Waals surface area contributed by atoms with E-state index in [1.165, 1.54) is 18.2 Å². The van der Waals surface area contributed by atoms with E-state index >= 15 is 0 Å². The lowest BCUT2D eigenvalue weighted by Gasteiger charge is -2.45. The fourth-order valence-corrected chi connectivity index (χ4v) is 3.10. The molecule has 1 aliphatic heterocycles. The van der Waals surface area contributed by atoms with Crippen LogP contribution in [0.1, 0.15) is 43.6 Å². The molecule has 140 valence electrons. The van der Waals surface area contributed by atoms with Gasteiger partial charge in [0.15, 0.2) is 0 Å². The zero-order chi connectivity index (χ0) is 18.8. The molecular formula is C18H25F3N2O2. The average molecular weight is 358 g/mol. The van der Waals surface area contributed by atoms with Gasteiger partial charge >= 0.3 is 6.18 Å². The Kier molecular flexibility index (Phi) is 5.79. The van der Waals surface area contributed by atoms with E-state index < -0.39 is 23.2 Å². The molecule has 1 fully saturated rings. The van der Waals surface area contributed by atoms with Gasteiger partial charge in [-0.25, -0.2) is 0 Å². The van der Waals surface area contributed by atoms with E-state index in [2.05, 4.69) is 10.2 Å². The van der Waals surface area contributed by atoms with Gasteiger partial charge in [-0.3, -0.25) is 9.69 Å². The third kappa shape index (κ3) is 4.95. The van der Waals surface area contributed by atoms with E-state index in [1.807, 2.05) is 27.7 Å². The molecule has 1 N–H and O–H groups in total. The summed E-state index contributed by atoms with van der Waals surface area (Å²) in [5.74, 6) is -0.713. The van der Waals surface area contributed by atoms with Gasteiger partial charge < -0.3 is 10.1 Å². The second-order valence-corrected chi connectivity index (χ2v) is 7.20. The summed E-state index contributed by atoms with van der Waals surface area (Å²) >= 11 is 0. The lowest BCUT2D eigenvalue weighted by atomic mass is 9.99. The van der Waals surface area contributed by atoms with Crippen molar-refractivity contribution < 1.29 is 22.7 Å². The Balaban J connectivity index is 2.07. The van der Waals surface area contributed by atoms with E-state index in [-0.39, 0.29) is 24.3 Å². The number of benzene rings is 1. The van der Waals surface area contributed by atoms with Crippen molar-refractivity contribution in [2.75, 3.05) is 19.6 Å². The van der Waals surface area contributed by atoms with Crippen molar-refractivity contribution in [1.29, 1.82) is 0 Å². The summed E-state index contributed by atoms with van der Waals surface area (Å²) in [7, 11) is 0. The first-order chi connectivity index (χ1) is 11.5. The molecule has 1 heterocycles. The lowest BCUT2D eigenvalue weighted by Crippen LogP contribution is -2.58. The predicted molar refractivity (Wildman–Crippen MR) is 89.4 cm³/mol. The van der Waals surface area contributed by atoms with Crippen LogP contribution in [0.15, 0.2) is 24.3 Å². The van der Waals surface area contributed by atoms with Crippen LogP contribution in [0.3, 0.4) is 0 Å². The lowest BCUT2D eigenvalue weighted by molar-refractivity contribution is -0.137. The van der Waals surface area contributed by atoms with Gasteiger partial charge in [-0.1, -0.05) is 12.1 Å². The number of nitrogens with zero attached hydrogens (tertiary/aromatic N) is 1. The average Bonchev–Trinajstić information content (AvgIpc) is 2.51. The van der Waals surface area contributed by atoms with Crippen LogP contribution in [0.2, 0.25) is 0 Å². The summed E-state index contributed by atoms with van der Waals surface area (Å²) in [5.41, 5.74) is -1.66. The highest BCUT2D eigenvalue weighted by Gasteiger charge is 2.36. The number of halogens is 3. The van der Waals surface area contributed by atoms with E-state index in [1.54, 1.807) is 0 Å². The quantitative estimate of drug-likeness (QED) is 0.898. The van der Waals surface area contributed by atoms with Crippen LogP contribution in [-0.2, 0) is 10.9 Å². The topological polar surface area (TPSA) is 41.6 Å². The van der Waals surface area contributed by atoms with Gasteiger partial charge in [0.05, 0.1) is 23.3 Å². The van der Waals surface area contributed by atoms with Crippen molar-refractivity contribution in [1.82, 2.24) is 10.2 Å². The molecule has 0 spiro atoms. The number of amides is 1. The first-order valence-electron chi connectivity index (χ1n) is 8.35. The Morgan fingerprint density at radius 2 is 1.76 bits per heavy atom. The van der Waals surface area contributed by atoms with Crippen LogP contribution in [0.4, 0.5) is 13.2 Å². The number of hydrogen-bond donors (Lipinski definition) is 1. The minimum Gasteiger partial charge on any atom is -0.373 e. The number of carbonyl (C=O) groups is 1. The number of hydrogen-bond acceptors (Lipinski definition) is 3. The molecule has 0 aromatic heterocycles. The van der Waals surface area contributed by atoms with Crippen LogP contribution in [0, 0.1) is 0 Å². The smallest absolute Gasteiger partial charge is 0.373 e. The van der Waals surface area contributed by atoms with Gasteiger partial charge in [0.2, 0.25) is 0 Å². The van der Waals surface area contributed by atoms with Crippen molar-refractivity contribution >= 4 is 5.91 Å². The maximum atomic E-state index is 13.1. The molecule has 1 aromatic carbocycles. The second kappa shape index (κ2) is 7.33. The van der Waals surface area contributed by atoms with E-state index in [0.717, 1.165) is 6.07 Å². The molecule has 1 amide bonds. The molecule has 2 atom stereocenters. The Hall–Kier alpha value is -1.60. The SMILES string of the molecule is C[C@@H]1CN(C(C)(C)CNC(=O)c2ccccc2C(F)(F)F)C[C@H](C)O1. The first kappa shape index (κ1) is 19.7. The van der Waals surface area contributed by atoms with Crippen molar-refractivity contribution in [3.8, 4) is 0 Å². The van der Waals surface area contributed by atoms with E-state index in [9.17, 15) is 18.0 Å². The minimum atomic E-state index is -4.56. The Bertz CT molecular complexity index is 607. The van der Waals surface area contributed by atoms with Crippen LogP contribution in [0.5, 0.6) is 0 Å². The van der Waals surface area contributed by atoms with E-state index in [4.69, 9.17) is 4.74 Å². The molecule has 25 heavy (non-hydrogen) atoms. The summed E-state index contributed by atoms with van der Waals surface area (Å²) in [6.07, 6.45) is -4.41. The van der Waals surface area contributed by atoms with Crippen molar-refractivity contribution in [2.45, 2.75) is 51.6 Å². The third-order valence-corrected chi connectivity index (χ3v) is 4.43. The normalized spacial score (nSPS) is 22.7. The Morgan fingerprint density at radius 3 is 2.32 bits per heavy atom. The molecule has 0 aliphatic carbocycles. The zero-order valence-electron chi connectivity index (χ0n) is 15.0. The number of rotatable bonds is 4. The van der Waals surface area contributed by atoms with Crippen molar-refractivity contribution in [3.63, 3.8) is 0 Å². The largest absolute Gasteiger partial charge is 0.417 e. The number of nitrogens with one attached hydrogen (secondary N) is 1. The van der Waals surface area contributed by atoms with Crippen LogP contribution in [-0.4, -0.2) is 48.2 Å². The molecule has 2 rings (SSSR count). The maximum Gasteiger partial charge on any atom is 0.417 e. The summed E-state index contributed by atoms with van der Waals surface area (Å²) in [6, 6.07) is 4.83. The molecule has 0 unspecified atom stereocenters. The first-order valence-corrected chi connectivity index (χ1v) is 8.35. The molecule has 7 heteroatoms. The summed E-state index contributed by atoms with van der Waals surface area (Å²) in [5, 5.41) is 2.66. The molecule has 1 aliphatic rings. The fourth-order valence-electron chi connectivity index (χ4n) is 3.10. The summed E-state index contributed by atoms with van der Waals surface area (Å²) < 4.78 is 44.9. The number of alkyl halides is 3. The summed E-state index contributed by atoms with van der Waals surface area (Å²) in [4.78, 5) is 14.5. The standard InChI is InChI=1S/C18H25F3N2O2/c1-12-9-23(10-13(2)25-12)17(3,4)11-22-16(24)14-7-5-6-8-15(14)18(19,20)21/h5-8,12-13H,9-11H2,1-4H3,(H,22,24)/t12-,13+. The molecule has 0 radical (unpaired) electrons. The zero-order valence-corrected chi connectivity index (χ0v) is 15.0. The van der Waals surface area contributed by atoms with Crippen molar-refractivity contribution in [2.24, 2.45) is 0 Å². The van der Waals surface area contributed by atoms with Crippen molar-refractivity contribution in [3.05, 3.63) is 35.4 Å². The predicted octanol–water partition coefficient (Wildman–Crippen LogP) is 3.32. The Labute approximate surface area is 146 Å². The van der Waals surface area contributed by atoms with Crippen LogP contribution >= 0.6 is 0 Å². The monoisotopic (exact) mass is 358 g/mol. The molecular weight excluding hydrogens is 333 g/mol. The second-order valence-electron chi connectivity index (χ2n) is 7.20. The molecule has 0 bridgehead atoms. The van der Waals surface area contributed by atoms with Gasteiger partial charge in [0, 0.05) is 25.2 Å². The van der Waals surface area contributed by atoms with Gasteiger partial charge in [-0.2, -0.15) is 13.2 Å². The highest BCUT2D eigenvalue weighted by molar-refractivity contribution is 5.95. The number of morpholine rings is 1. The molecule has 1 aromatic rings. The third-order valence-electron chi connectivity index (χ3n) is 4.43. The van der Waals surface area contributed by atoms with Gasteiger partial charge in [-0.15, -0.1) is 0 Å². The van der Waals surface area contributed by atoms with Gasteiger partial charge in [0.25, 0.3) is 5.91 Å². The minimum absolute atomic E-state index is 0.0738. The molecule has 4 nitrogen and oxygen atoms in total. The highest BCUT2D eigenvalue weighted by Crippen LogP contribution is 2.31. The number of ether oxygens (including phenoxy) is 1.